The molecule has 2 heterocycles. The second-order valence-corrected chi connectivity index (χ2v) is 8.74. The summed E-state index contributed by atoms with van der Waals surface area (Å²) in [6.45, 7) is 4.52. The van der Waals surface area contributed by atoms with Crippen LogP contribution in [-0.2, 0) is 6.61 Å². The molecule has 182 valence electrons. The van der Waals surface area contributed by atoms with Crippen LogP contribution < -0.4 is 14.9 Å². The number of nitrogens with one attached hydrogen (secondary N) is 1. The molecule has 1 amide bonds. The molecule has 0 spiro atoms. The Balaban J connectivity index is 1.29. The minimum absolute atomic E-state index is 0.138. The number of carbonyl (C=O) groups excluding carboxylic acids is 1. The summed E-state index contributed by atoms with van der Waals surface area (Å²) in [4.78, 5) is 12.4. The molecule has 0 aliphatic heterocycles. The van der Waals surface area contributed by atoms with Crippen molar-refractivity contribution in [2.24, 2.45) is 5.10 Å². The monoisotopic (exact) mass is 545 g/mol. The Morgan fingerprint density at radius 1 is 1.08 bits per heavy atom. The van der Waals surface area contributed by atoms with Crippen molar-refractivity contribution in [2.75, 3.05) is 6.61 Å². The third-order valence-electron chi connectivity index (χ3n) is 5.28. The summed E-state index contributed by atoms with van der Waals surface area (Å²) >= 11 is 3.42. The summed E-state index contributed by atoms with van der Waals surface area (Å²) in [7, 11) is 0. The smallest absolute Gasteiger partial charge is 0.307 e. The Labute approximate surface area is 217 Å². The van der Waals surface area contributed by atoms with Gasteiger partial charge in [-0.25, -0.2) is 5.43 Å². The second-order valence-electron chi connectivity index (χ2n) is 7.88. The third kappa shape index (κ3) is 6.06. The van der Waals surface area contributed by atoms with Crippen LogP contribution in [0.15, 0.2) is 80.7 Å². The highest BCUT2D eigenvalue weighted by atomic mass is 79.9. The van der Waals surface area contributed by atoms with Gasteiger partial charge in [-0.2, -0.15) is 5.10 Å². The highest BCUT2D eigenvalue weighted by molar-refractivity contribution is 9.10. The van der Waals surface area contributed by atoms with Crippen molar-refractivity contribution in [3.63, 3.8) is 0 Å². The van der Waals surface area contributed by atoms with Crippen LogP contribution in [0.5, 0.6) is 11.5 Å². The molecule has 36 heavy (non-hydrogen) atoms. The largest absolute Gasteiger partial charge is 0.486 e. The van der Waals surface area contributed by atoms with Gasteiger partial charge in [-0.05, 0) is 102 Å². The van der Waals surface area contributed by atoms with Gasteiger partial charge in [0.25, 0.3) is 0 Å². The summed E-state index contributed by atoms with van der Waals surface area (Å²) in [5, 5.41) is 3.98. The van der Waals surface area contributed by atoms with E-state index < -0.39 is 5.91 Å². The first-order valence-electron chi connectivity index (χ1n) is 11.1. The van der Waals surface area contributed by atoms with Crippen molar-refractivity contribution >= 4 is 28.1 Å². The topological polar surface area (TPSA) is 78.0 Å². The van der Waals surface area contributed by atoms with Crippen molar-refractivity contribution < 1.29 is 18.7 Å². The average molecular weight is 546 g/mol. The van der Waals surface area contributed by atoms with Crippen LogP contribution in [-0.4, -0.2) is 23.3 Å². The Hall–Kier alpha value is -4.22. The molecule has 0 saturated carbocycles. The molecule has 4 aromatic rings. The number of ether oxygens (including phenoxy) is 2. The number of aryl methyl sites for hydroxylation is 2. The number of furan rings is 1. The number of hydrazone groups is 1. The lowest BCUT2D eigenvalue weighted by Crippen LogP contribution is -2.16. The predicted molar refractivity (Wildman–Crippen MR) is 142 cm³/mol. The van der Waals surface area contributed by atoms with Gasteiger partial charge in [-0.1, -0.05) is 5.92 Å². The number of carbonyl (C=O) groups is 1. The maximum atomic E-state index is 12.4. The summed E-state index contributed by atoms with van der Waals surface area (Å²) in [6, 6.07) is 20.6. The fourth-order valence-corrected chi connectivity index (χ4v) is 4.06. The molecule has 8 heteroatoms. The highest BCUT2D eigenvalue weighted by Gasteiger charge is 2.11. The second kappa shape index (κ2) is 11.5. The van der Waals surface area contributed by atoms with Gasteiger partial charge in [-0.3, -0.25) is 4.79 Å². The van der Waals surface area contributed by atoms with E-state index in [-0.39, 0.29) is 19.0 Å². The zero-order valence-electron chi connectivity index (χ0n) is 19.8. The SMILES string of the molecule is C#CCOc1ccc(/C=N/NC(=O)c2ccc(COc3ccc(-n4c(C)ccc4C)cc3)o2)cc1Br. The molecule has 0 aliphatic carbocycles. The lowest BCUT2D eigenvalue weighted by molar-refractivity contribution is 0.0923. The number of terminal acetylenes is 1. The lowest BCUT2D eigenvalue weighted by atomic mass is 10.2. The van der Waals surface area contributed by atoms with E-state index in [1.807, 2.05) is 24.3 Å². The zero-order chi connectivity index (χ0) is 25.5. The van der Waals surface area contributed by atoms with E-state index in [0.717, 1.165) is 15.7 Å². The molecule has 1 N–H and O–H groups in total. The predicted octanol–water partition coefficient (Wildman–Crippen LogP) is 5.80. The standard InChI is InChI=1S/C28H24BrN3O4/c1-4-15-34-26-13-7-21(16-25(26)29)17-30-31-28(33)27-14-12-24(36-27)18-35-23-10-8-22(9-11-23)32-19(2)5-6-20(32)3/h1,5-14,16-17H,15,18H2,2-3H3,(H,31,33)/b30-17+. The molecule has 0 saturated heterocycles. The molecular weight excluding hydrogens is 522 g/mol. The Morgan fingerprint density at radius 3 is 2.53 bits per heavy atom. The number of amides is 1. The molecular formula is C28H24BrN3O4. The molecule has 0 radical (unpaired) electrons. The van der Waals surface area contributed by atoms with Crippen LogP contribution in [0.4, 0.5) is 0 Å². The van der Waals surface area contributed by atoms with Gasteiger partial charge in [-0.15, -0.1) is 6.42 Å². The van der Waals surface area contributed by atoms with Crippen LogP contribution in [0, 0.1) is 26.2 Å². The van der Waals surface area contributed by atoms with Gasteiger partial charge in [0.05, 0.1) is 10.7 Å². The van der Waals surface area contributed by atoms with E-state index in [4.69, 9.17) is 20.3 Å². The molecule has 2 aromatic heterocycles. The summed E-state index contributed by atoms with van der Waals surface area (Å²) in [6.07, 6.45) is 6.72. The van der Waals surface area contributed by atoms with Crippen molar-refractivity contribution in [3.8, 4) is 29.5 Å². The van der Waals surface area contributed by atoms with Crippen LogP contribution in [0.25, 0.3) is 5.69 Å². The van der Waals surface area contributed by atoms with E-state index >= 15 is 0 Å². The number of benzene rings is 2. The normalized spacial score (nSPS) is 10.8. The van der Waals surface area contributed by atoms with Gasteiger partial charge < -0.3 is 18.5 Å². The third-order valence-corrected chi connectivity index (χ3v) is 5.90. The van der Waals surface area contributed by atoms with Gasteiger partial charge in [0.15, 0.2) is 5.76 Å². The molecule has 0 bridgehead atoms. The Morgan fingerprint density at radius 2 is 1.83 bits per heavy atom. The highest BCUT2D eigenvalue weighted by Crippen LogP contribution is 2.25. The molecule has 7 nitrogen and oxygen atoms in total. The maximum Gasteiger partial charge on any atom is 0.307 e. The fraction of sp³-hybridized carbons (Fsp3) is 0.143. The van der Waals surface area contributed by atoms with Crippen LogP contribution >= 0.6 is 15.9 Å². The first-order chi connectivity index (χ1) is 17.4. The van der Waals surface area contributed by atoms with E-state index in [9.17, 15) is 4.79 Å². The van der Waals surface area contributed by atoms with Crippen molar-refractivity contribution in [3.05, 3.63) is 99.7 Å². The molecule has 0 fully saturated rings. The number of hydrogen-bond acceptors (Lipinski definition) is 5. The molecule has 2 aromatic carbocycles. The zero-order valence-corrected chi connectivity index (χ0v) is 21.4. The van der Waals surface area contributed by atoms with Gasteiger partial charge in [0.1, 0.15) is 30.5 Å². The average Bonchev–Trinajstić information content (AvgIpc) is 3.49. The first-order valence-corrected chi connectivity index (χ1v) is 11.9. The number of nitrogens with zero attached hydrogens (tertiary/aromatic N) is 2. The van der Waals surface area contributed by atoms with Crippen molar-refractivity contribution in [2.45, 2.75) is 20.5 Å². The molecule has 4 rings (SSSR count). The van der Waals surface area contributed by atoms with Crippen LogP contribution in [0.2, 0.25) is 0 Å². The first kappa shape index (κ1) is 24.9. The molecule has 0 unspecified atom stereocenters. The molecule has 0 atom stereocenters. The Kier molecular flexibility index (Phi) is 7.93. The quantitative estimate of drug-likeness (QED) is 0.164. The number of hydrogen-bond donors (Lipinski definition) is 1. The van der Waals surface area contributed by atoms with Crippen molar-refractivity contribution in [1.82, 2.24) is 9.99 Å². The van der Waals surface area contributed by atoms with Crippen LogP contribution in [0.3, 0.4) is 0 Å². The van der Waals surface area contributed by atoms with Gasteiger partial charge >= 0.3 is 5.91 Å². The lowest BCUT2D eigenvalue weighted by Gasteiger charge is -2.10. The number of rotatable bonds is 9. The minimum atomic E-state index is -0.465. The van der Waals surface area contributed by atoms with E-state index in [0.29, 0.717) is 17.3 Å². The van der Waals surface area contributed by atoms with Crippen molar-refractivity contribution in [1.29, 1.82) is 0 Å². The van der Waals surface area contributed by atoms with Crippen LogP contribution in [0.1, 0.15) is 33.3 Å². The van der Waals surface area contributed by atoms with E-state index in [1.165, 1.54) is 17.6 Å². The Bertz CT molecular complexity index is 1410. The number of aromatic nitrogens is 1. The minimum Gasteiger partial charge on any atom is -0.486 e. The maximum absolute atomic E-state index is 12.4. The van der Waals surface area contributed by atoms with Gasteiger partial charge in [0, 0.05) is 17.1 Å². The number of halogens is 1. The summed E-state index contributed by atoms with van der Waals surface area (Å²) in [5.41, 5.74) is 6.62. The summed E-state index contributed by atoms with van der Waals surface area (Å²) in [5.74, 6) is 3.94. The molecule has 0 aliphatic rings. The fourth-order valence-electron chi connectivity index (χ4n) is 3.55. The van der Waals surface area contributed by atoms with E-state index in [2.05, 4.69) is 62.9 Å². The summed E-state index contributed by atoms with van der Waals surface area (Å²) < 4.78 is 19.7. The van der Waals surface area contributed by atoms with Gasteiger partial charge in [0.2, 0.25) is 0 Å². The van der Waals surface area contributed by atoms with E-state index in [1.54, 1.807) is 30.3 Å².